The van der Waals surface area contributed by atoms with E-state index in [1.165, 1.54) is 0 Å². The van der Waals surface area contributed by atoms with E-state index in [4.69, 9.17) is 4.74 Å². The molecule has 2 aliphatic heterocycles. The molecule has 0 atom stereocenters. The summed E-state index contributed by atoms with van der Waals surface area (Å²) in [6.45, 7) is 11.4. The van der Waals surface area contributed by atoms with Crippen LogP contribution in [0.15, 0.2) is 18.2 Å². The van der Waals surface area contributed by atoms with E-state index in [9.17, 15) is 10.1 Å². The molecule has 0 aliphatic carbocycles. The quantitative estimate of drug-likeness (QED) is 0.634. The third kappa shape index (κ3) is 3.75. The van der Waals surface area contributed by atoms with Gasteiger partial charge in [0.25, 0.3) is 5.69 Å². The van der Waals surface area contributed by atoms with Crippen molar-refractivity contribution >= 4 is 11.4 Å². The van der Waals surface area contributed by atoms with Crippen molar-refractivity contribution in [3.05, 3.63) is 33.9 Å². The van der Waals surface area contributed by atoms with Crippen LogP contribution in [-0.4, -0.2) is 55.3 Å². The molecule has 2 saturated heterocycles. The molecule has 1 aromatic rings. The van der Waals surface area contributed by atoms with Crippen molar-refractivity contribution in [3.63, 3.8) is 0 Å². The maximum atomic E-state index is 10.9. The molecule has 0 amide bonds. The van der Waals surface area contributed by atoms with Gasteiger partial charge in [-0.25, -0.2) is 0 Å². The van der Waals surface area contributed by atoms with E-state index < -0.39 is 0 Å². The van der Waals surface area contributed by atoms with Crippen LogP contribution in [0.2, 0.25) is 0 Å². The Hall–Kier alpha value is -1.66. The van der Waals surface area contributed by atoms with Gasteiger partial charge in [-0.1, -0.05) is 13.8 Å². The Kier molecular flexibility index (Phi) is 5.74. The topological polar surface area (TPSA) is 58.8 Å². The minimum absolute atomic E-state index is 0.176. The summed E-state index contributed by atoms with van der Waals surface area (Å²) in [6.07, 6.45) is 0. The Morgan fingerprint density at radius 1 is 1.14 bits per heavy atom. The lowest BCUT2D eigenvalue weighted by atomic mass is 10.1. The molecule has 0 unspecified atom stereocenters. The van der Waals surface area contributed by atoms with Gasteiger partial charge in [-0.2, -0.15) is 0 Å². The van der Waals surface area contributed by atoms with Crippen LogP contribution in [0.1, 0.15) is 19.4 Å². The zero-order chi connectivity index (χ0) is 16.1. The molecule has 2 aliphatic rings. The Bertz CT molecular complexity index is 509. The second kappa shape index (κ2) is 7.56. The lowest BCUT2D eigenvalue weighted by Crippen LogP contribution is -2.56. The summed E-state index contributed by atoms with van der Waals surface area (Å²) >= 11 is 0. The number of rotatable bonds is 3. The zero-order valence-electron chi connectivity index (χ0n) is 13.6. The van der Waals surface area contributed by atoms with Crippen LogP contribution in [0.5, 0.6) is 0 Å². The van der Waals surface area contributed by atoms with Crippen molar-refractivity contribution in [2.24, 2.45) is 0 Å². The van der Waals surface area contributed by atoms with Crippen molar-refractivity contribution in [2.75, 3.05) is 44.3 Å². The first-order valence-electron chi connectivity index (χ1n) is 7.96. The monoisotopic (exact) mass is 307 g/mol. The summed E-state index contributed by atoms with van der Waals surface area (Å²) in [4.78, 5) is 15.3. The second-order valence-corrected chi connectivity index (χ2v) is 5.50. The van der Waals surface area contributed by atoms with E-state index in [0.717, 1.165) is 50.6 Å². The third-order valence-electron chi connectivity index (χ3n) is 4.07. The average Bonchev–Trinajstić information content (AvgIpc) is 2.47. The summed E-state index contributed by atoms with van der Waals surface area (Å²) in [6, 6.07) is 5.89. The summed E-state index contributed by atoms with van der Waals surface area (Å²) in [5, 5.41) is 10.9. The van der Waals surface area contributed by atoms with E-state index in [1.54, 1.807) is 12.1 Å². The van der Waals surface area contributed by atoms with Gasteiger partial charge in [-0.3, -0.25) is 15.0 Å². The third-order valence-corrected chi connectivity index (χ3v) is 4.07. The number of non-ortho nitro benzene ring substituents is 1. The molecule has 0 N–H and O–H groups in total. The first-order valence-corrected chi connectivity index (χ1v) is 7.96. The van der Waals surface area contributed by atoms with Gasteiger partial charge in [0.15, 0.2) is 0 Å². The SMILES string of the molecule is CC.Cc1cc(N2CCN(C3COC3)CC2)cc([N+](=O)[O-])c1. The van der Waals surface area contributed by atoms with Gasteiger partial charge >= 0.3 is 0 Å². The maximum Gasteiger partial charge on any atom is 0.271 e. The normalized spacial score (nSPS) is 19.1. The molecule has 0 saturated carbocycles. The number of hydrogen-bond donors (Lipinski definition) is 0. The summed E-state index contributed by atoms with van der Waals surface area (Å²) < 4.78 is 5.23. The van der Waals surface area contributed by atoms with Gasteiger partial charge in [-0.05, 0) is 18.6 Å². The molecule has 122 valence electrons. The Morgan fingerprint density at radius 2 is 1.77 bits per heavy atom. The fourth-order valence-corrected chi connectivity index (χ4v) is 2.81. The number of piperazine rings is 1. The molecule has 6 nitrogen and oxygen atoms in total. The summed E-state index contributed by atoms with van der Waals surface area (Å²) in [5.74, 6) is 0. The Morgan fingerprint density at radius 3 is 2.27 bits per heavy atom. The lowest BCUT2D eigenvalue weighted by Gasteiger charge is -2.43. The molecule has 22 heavy (non-hydrogen) atoms. The zero-order valence-corrected chi connectivity index (χ0v) is 13.6. The van der Waals surface area contributed by atoms with Crippen LogP contribution in [-0.2, 0) is 4.74 Å². The molecule has 2 heterocycles. The summed E-state index contributed by atoms with van der Waals surface area (Å²) in [5.41, 5.74) is 2.07. The fraction of sp³-hybridized carbons (Fsp3) is 0.625. The molecular formula is C16H25N3O3. The molecule has 1 aromatic carbocycles. The number of nitrogens with zero attached hydrogens (tertiary/aromatic N) is 3. The average molecular weight is 307 g/mol. The minimum atomic E-state index is -0.321. The van der Waals surface area contributed by atoms with E-state index in [0.29, 0.717) is 6.04 Å². The van der Waals surface area contributed by atoms with E-state index >= 15 is 0 Å². The van der Waals surface area contributed by atoms with Crippen LogP contribution < -0.4 is 4.90 Å². The highest BCUT2D eigenvalue weighted by molar-refractivity contribution is 5.56. The molecule has 6 heteroatoms. The predicted molar refractivity (Wildman–Crippen MR) is 87.6 cm³/mol. The first kappa shape index (κ1) is 16.7. The highest BCUT2D eigenvalue weighted by Gasteiger charge is 2.29. The molecule has 2 fully saturated rings. The Labute approximate surface area is 131 Å². The van der Waals surface area contributed by atoms with Crippen molar-refractivity contribution in [1.82, 2.24) is 4.90 Å². The van der Waals surface area contributed by atoms with Gasteiger partial charge in [0.1, 0.15) is 0 Å². The molecule has 0 radical (unpaired) electrons. The van der Waals surface area contributed by atoms with Crippen LogP contribution in [0, 0.1) is 17.0 Å². The van der Waals surface area contributed by atoms with Gasteiger partial charge in [-0.15, -0.1) is 0 Å². The van der Waals surface area contributed by atoms with Crippen LogP contribution in [0.4, 0.5) is 11.4 Å². The number of hydrogen-bond acceptors (Lipinski definition) is 5. The number of nitro groups is 1. The van der Waals surface area contributed by atoms with E-state index in [-0.39, 0.29) is 10.6 Å². The molecule has 0 aromatic heterocycles. The van der Waals surface area contributed by atoms with Gasteiger partial charge in [0.2, 0.25) is 0 Å². The molecular weight excluding hydrogens is 282 g/mol. The Balaban J connectivity index is 0.000000847. The number of benzene rings is 1. The van der Waals surface area contributed by atoms with Crippen molar-refractivity contribution in [3.8, 4) is 0 Å². The van der Waals surface area contributed by atoms with E-state index in [2.05, 4.69) is 9.80 Å². The first-order chi connectivity index (χ1) is 10.6. The summed E-state index contributed by atoms with van der Waals surface area (Å²) in [7, 11) is 0. The van der Waals surface area contributed by atoms with Crippen molar-refractivity contribution in [2.45, 2.75) is 26.8 Å². The molecule has 0 spiro atoms. The number of anilines is 1. The fourth-order valence-electron chi connectivity index (χ4n) is 2.81. The van der Waals surface area contributed by atoms with Gasteiger partial charge < -0.3 is 9.64 Å². The highest BCUT2D eigenvalue weighted by atomic mass is 16.6. The minimum Gasteiger partial charge on any atom is -0.378 e. The molecule has 3 rings (SSSR count). The standard InChI is InChI=1S/C14H19N3O3.C2H6/c1-11-6-12(8-13(7-11)17(18)19)15-2-4-16(5-3-15)14-9-20-10-14;1-2/h6-8,14H,2-5,9-10H2,1H3;1-2H3. The number of nitro benzene ring substituents is 1. The highest BCUT2D eigenvalue weighted by Crippen LogP contribution is 2.25. The van der Waals surface area contributed by atoms with Gasteiger partial charge in [0, 0.05) is 44.0 Å². The van der Waals surface area contributed by atoms with Crippen LogP contribution >= 0.6 is 0 Å². The predicted octanol–water partition coefficient (Wildman–Crippen LogP) is 2.45. The molecule has 0 bridgehead atoms. The number of aryl methyl sites for hydroxylation is 1. The van der Waals surface area contributed by atoms with Crippen LogP contribution in [0.25, 0.3) is 0 Å². The maximum absolute atomic E-state index is 10.9. The van der Waals surface area contributed by atoms with E-state index in [1.807, 2.05) is 26.8 Å². The van der Waals surface area contributed by atoms with Crippen molar-refractivity contribution in [1.29, 1.82) is 0 Å². The van der Waals surface area contributed by atoms with Gasteiger partial charge in [0.05, 0.1) is 24.2 Å². The largest absolute Gasteiger partial charge is 0.378 e. The van der Waals surface area contributed by atoms with Crippen molar-refractivity contribution < 1.29 is 9.66 Å². The van der Waals surface area contributed by atoms with Crippen LogP contribution in [0.3, 0.4) is 0 Å². The smallest absolute Gasteiger partial charge is 0.271 e. The lowest BCUT2D eigenvalue weighted by molar-refractivity contribution is -0.384. The second-order valence-electron chi connectivity index (χ2n) is 5.50. The number of ether oxygens (including phenoxy) is 1.